The zero-order valence-electron chi connectivity index (χ0n) is 33.9. The number of hydrogen-bond acceptors (Lipinski definition) is 14. The molecule has 0 unspecified atom stereocenters. The Hall–Kier alpha value is -3.94. The number of aromatic amines is 2. The fraction of sp³-hybridized carbons (Fsp3) is 0.750. The molecule has 2 aromatic rings. The van der Waals surface area contributed by atoms with Gasteiger partial charge < -0.3 is 37.9 Å². The molecule has 4 fully saturated rings. The monoisotopic (exact) mass is 818 g/mol. The molecule has 4 aliphatic rings. The second kappa shape index (κ2) is 19.4. The van der Waals surface area contributed by atoms with Crippen LogP contribution in [0.5, 0.6) is 0 Å². The molecule has 18 nitrogen and oxygen atoms in total. The number of fused-ring (bicyclic) bond motifs is 2. The fourth-order valence-corrected chi connectivity index (χ4v) is 8.09. The van der Waals surface area contributed by atoms with E-state index in [2.05, 4.69) is 9.97 Å². The number of ether oxygens (including phenoxy) is 8. The molecule has 6 rings (SSSR count). The van der Waals surface area contributed by atoms with Crippen LogP contribution in [0, 0.1) is 0 Å². The zero-order chi connectivity index (χ0) is 41.5. The molecule has 0 spiro atoms. The van der Waals surface area contributed by atoms with Crippen LogP contribution in [0.25, 0.3) is 0 Å². The summed E-state index contributed by atoms with van der Waals surface area (Å²) in [5.41, 5.74) is -2.27. The number of rotatable bonds is 21. The van der Waals surface area contributed by atoms with E-state index in [1.165, 1.54) is 46.5 Å². The Bertz CT molecular complexity index is 1800. The second-order valence-electron chi connectivity index (χ2n) is 16.4. The molecule has 4 saturated heterocycles. The molecule has 2 aromatic heterocycles. The van der Waals surface area contributed by atoms with Crippen LogP contribution in [0.2, 0.25) is 0 Å². The molecule has 0 radical (unpaired) electrons. The summed E-state index contributed by atoms with van der Waals surface area (Å²) in [6.07, 6.45) is 10.4. The maximum Gasteiger partial charge on any atom is 0.330 e. The highest BCUT2D eigenvalue weighted by Gasteiger charge is 2.57. The van der Waals surface area contributed by atoms with Gasteiger partial charge in [-0.1, -0.05) is 64.2 Å². The lowest BCUT2D eigenvalue weighted by atomic mass is 10.0. The molecule has 322 valence electrons. The Morgan fingerprint density at radius 2 is 0.879 bits per heavy atom. The minimum absolute atomic E-state index is 0.0302. The van der Waals surface area contributed by atoms with Gasteiger partial charge in [-0.05, 0) is 40.5 Å². The van der Waals surface area contributed by atoms with Crippen molar-refractivity contribution in [3.8, 4) is 0 Å². The third-order valence-electron chi connectivity index (χ3n) is 10.8. The number of hydrogen-bond donors (Lipinski definition) is 2. The average molecular weight is 819 g/mol. The van der Waals surface area contributed by atoms with Crippen molar-refractivity contribution in [1.82, 2.24) is 19.1 Å². The molecular formula is C40H58N4O14. The molecule has 6 heterocycles. The summed E-state index contributed by atoms with van der Waals surface area (Å²) < 4.78 is 49.7. The normalized spacial score (nSPS) is 28.0. The van der Waals surface area contributed by atoms with Crippen molar-refractivity contribution in [3.05, 3.63) is 66.2 Å². The third kappa shape index (κ3) is 11.4. The number of nitrogens with zero attached hydrogens (tertiary/aromatic N) is 2. The SMILES string of the molecule is CC1(C)O[C@@H]2[C@H](O1)[C@@H](COC(=O)CCCCCCCCCCCCCCC(=O)OC[C@H]1O[C@@H](n3ccc(=O)[nH]c3=O)[C@@H]3OC(C)(C)O[C@@H]31)O[C@H]2n1ccc(=O)[nH]c1=O. The standard InChI is InChI=1S/C40H58N4O14/c1-39(2)55-31-25(53-35(33(31)57-39)43-21-19-27(45)41-37(43)49)23-51-29(47)17-15-13-11-9-7-5-6-8-10-12-14-16-18-30(48)52-24-26-32-34(58-40(3,4)56-32)36(54-26)44-22-20-28(46)42-38(44)50/h19-22,25-26,31-36H,5-18,23-24H2,1-4H3,(H,41,45,49)(H,42,46,50)/t25-,26-,31-,32-,33-,34-,35-,36-/m1/s1. The van der Waals surface area contributed by atoms with Gasteiger partial charge in [0.25, 0.3) is 11.1 Å². The molecule has 0 aliphatic carbocycles. The highest BCUT2D eigenvalue weighted by Crippen LogP contribution is 2.44. The summed E-state index contributed by atoms with van der Waals surface area (Å²) in [6.45, 7) is 7.01. The molecule has 0 amide bonds. The van der Waals surface area contributed by atoms with Crippen molar-refractivity contribution >= 4 is 11.9 Å². The largest absolute Gasteiger partial charge is 0.463 e. The van der Waals surface area contributed by atoms with Gasteiger partial charge in [0.1, 0.15) is 49.8 Å². The van der Waals surface area contributed by atoms with E-state index in [0.29, 0.717) is 12.8 Å². The van der Waals surface area contributed by atoms with Gasteiger partial charge in [-0.2, -0.15) is 0 Å². The lowest BCUT2D eigenvalue weighted by Gasteiger charge is -2.24. The Morgan fingerprint density at radius 1 is 0.552 bits per heavy atom. The van der Waals surface area contributed by atoms with E-state index in [4.69, 9.17) is 37.9 Å². The molecular weight excluding hydrogens is 760 g/mol. The van der Waals surface area contributed by atoms with Gasteiger partial charge in [-0.25, -0.2) is 9.59 Å². The summed E-state index contributed by atoms with van der Waals surface area (Å²) in [7, 11) is 0. The summed E-state index contributed by atoms with van der Waals surface area (Å²) in [5, 5.41) is 0. The van der Waals surface area contributed by atoms with Crippen LogP contribution >= 0.6 is 0 Å². The maximum absolute atomic E-state index is 12.5. The summed E-state index contributed by atoms with van der Waals surface area (Å²) in [4.78, 5) is 77.3. The van der Waals surface area contributed by atoms with Gasteiger partial charge >= 0.3 is 23.3 Å². The predicted molar refractivity (Wildman–Crippen MR) is 205 cm³/mol. The Kier molecular flexibility index (Phi) is 14.6. The van der Waals surface area contributed by atoms with Crippen molar-refractivity contribution in [1.29, 1.82) is 0 Å². The van der Waals surface area contributed by atoms with Gasteiger partial charge in [0.05, 0.1) is 0 Å². The quantitative estimate of drug-likeness (QED) is 0.136. The third-order valence-corrected chi connectivity index (χ3v) is 10.8. The van der Waals surface area contributed by atoms with E-state index in [1.54, 1.807) is 27.7 Å². The summed E-state index contributed by atoms with van der Waals surface area (Å²) in [6, 6.07) is 2.47. The summed E-state index contributed by atoms with van der Waals surface area (Å²) >= 11 is 0. The number of esters is 2. The van der Waals surface area contributed by atoms with Crippen LogP contribution in [0.15, 0.2) is 43.7 Å². The van der Waals surface area contributed by atoms with Crippen LogP contribution < -0.4 is 22.5 Å². The number of unbranched alkanes of at least 4 members (excludes halogenated alkanes) is 11. The topological polar surface area (TPSA) is 218 Å². The lowest BCUT2D eigenvalue weighted by Crippen LogP contribution is -2.37. The summed E-state index contributed by atoms with van der Waals surface area (Å²) in [5.74, 6) is -2.43. The van der Waals surface area contributed by atoms with Crippen LogP contribution in [0.3, 0.4) is 0 Å². The number of aromatic nitrogens is 4. The van der Waals surface area contributed by atoms with E-state index >= 15 is 0 Å². The Labute approximate surface area is 335 Å². The maximum atomic E-state index is 12.5. The van der Waals surface area contributed by atoms with Crippen molar-refractivity contribution in [2.75, 3.05) is 13.2 Å². The Morgan fingerprint density at radius 3 is 1.22 bits per heavy atom. The van der Waals surface area contributed by atoms with Crippen molar-refractivity contribution in [2.45, 2.75) is 178 Å². The van der Waals surface area contributed by atoms with E-state index < -0.39 is 83.2 Å². The first-order valence-electron chi connectivity index (χ1n) is 20.7. The molecule has 4 aliphatic heterocycles. The number of carbonyl (C=O) groups is 2. The Balaban J connectivity index is 0.755. The molecule has 0 saturated carbocycles. The lowest BCUT2D eigenvalue weighted by molar-refractivity contribution is -0.203. The van der Waals surface area contributed by atoms with Gasteiger partial charge in [-0.15, -0.1) is 0 Å². The van der Waals surface area contributed by atoms with Crippen molar-refractivity contribution < 1.29 is 47.5 Å². The van der Waals surface area contributed by atoms with E-state index in [1.807, 2.05) is 0 Å². The highest BCUT2D eigenvalue weighted by atomic mass is 16.8. The molecule has 0 aromatic carbocycles. The van der Waals surface area contributed by atoms with Crippen LogP contribution in [0.4, 0.5) is 0 Å². The minimum atomic E-state index is -0.904. The number of H-pyrrole nitrogens is 2. The first-order chi connectivity index (χ1) is 27.7. The molecule has 0 bridgehead atoms. The van der Waals surface area contributed by atoms with Crippen LogP contribution in [-0.2, 0) is 47.5 Å². The number of nitrogens with one attached hydrogen (secondary N) is 2. The minimum Gasteiger partial charge on any atom is -0.463 e. The highest BCUT2D eigenvalue weighted by molar-refractivity contribution is 5.69. The molecule has 58 heavy (non-hydrogen) atoms. The van der Waals surface area contributed by atoms with E-state index in [9.17, 15) is 28.8 Å². The predicted octanol–water partition coefficient (Wildman–Crippen LogP) is 3.47. The smallest absolute Gasteiger partial charge is 0.330 e. The first-order valence-corrected chi connectivity index (χ1v) is 20.7. The van der Waals surface area contributed by atoms with Crippen LogP contribution in [-0.4, -0.2) is 92.5 Å². The zero-order valence-corrected chi connectivity index (χ0v) is 33.9. The van der Waals surface area contributed by atoms with Gasteiger partial charge in [0.15, 0.2) is 24.0 Å². The number of carbonyl (C=O) groups excluding carboxylic acids is 2. The molecule has 8 atom stereocenters. The van der Waals surface area contributed by atoms with Gasteiger partial charge in [0, 0.05) is 37.4 Å². The van der Waals surface area contributed by atoms with Gasteiger partial charge in [0.2, 0.25) is 0 Å². The van der Waals surface area contributed by atoms with Crippen LogP contribution in [0.1, 0.15) is 130 Å². The van der Waals surface area contributed by atoms with Gasteiger partial charge in [-0.3, -0.25) is 38.3 Å². The van der Waals surface area contributed by atoms with E-state index in [0.717, 1.165) is 64.2 Å². The average Bonchev–Trinajstić information content (AvgIpc) is 3.86. The second-order valence-corrected chi connectivity index (χ2v) is 16.4. The first kappa shape index (κ1) is 43.6. The fourth-order valence-electron chi connectivity index (χ4n) is 8.09. The van der Waals surface area contributed by atoms with Crippen molar-refractivity contribution in [2.24, 2.45) is 0 Å². The van der Waals surface area contributed by atoms with Crippen molar-refractivity contribution in [3.63, 3.8) is 0 Å². The van der Waals surface area contributed by atoms with E-state index in [-0.39, 0.29) is 25.2 Å². The molecule has 2 N–H and O–H groups in total. The molecule has 18 heteroatoms.